The molecule has 1 saturated carbocycles. The van der Waals surface area contributed by atoms with Crippen molar-refractivity contribution in [3.05, 3.63) is 42.6 Å². The van der Waals surface area contributed by atoms with E-state index in [0.29, 0.717) is 0 Å². The monoisotopic (exact) mass is 319 g/mol. The summed E-state index contributed by atoms with van der Waals surface area (Å²) in [6, 6.07) is 9.27. The number of nitrogens with zero attached hydrogens (tertiary/aromatic N) is 5. The molecule has 5 nitrogen and oxygen atoms in total. The standard InChI is InChI=1S/C19H21N5/c1-2-15(3-1)23-9-7-19-22-17-12-14(16-6-8-20-13-21-16)4-5-18(17)24(19)11-10-23/h4-6,8,12-13,15H,1-3,7,9-11H2. The topological polar surface area (TPSA) is 46.8 Å². The van der Waals surface area contributed by atoms with Crippen LogP contribution < -0.4 is 0 Å². The van der Waals surface area contributed by atoms with Gasteiger partial charge in [-0.15, -0.1) is 0 Å². The molecule has 0 saturated heterocycles. The minimum Gasteiger partial charge on any atom is -0.327 e. The molecular weight excluding hydrogens is 298 g/mol. The van der Waals surface area contributed by atoms with Crippen molar-refractivity contribution in [3.63, 3.8) is 0 Å². The number of fused-ring (bicyclic) bond motifs is 3. The molecule has 5 heteroatoms. The molecule has 122 valence electrons. The summed E-state index contributed by atoms with van der Waals surface area (Å²) in [5, 5.41) is 0. The molecule has 0 radical (unpaired) electrons. The Morgan fingerprint density at radius 1 is 1.04 bits per heavy atom. The lowest BCUT2D eigenvalue weighted by atomic mass is 9.91. The number of benzene rings is 1. The Hall–Kier alpha value is -2.27. The van der Waals surface area contributed by atoms with Crippen molar-refractivity contribution < 1.29 is 0 Å². The van der Waals surface area contributed by atoms with E-state index in [9.17, 15) is 0 Å². The van der Waals surface area contributed by atoms with Gasteiger partial charge in [0.25, 0.3) is 0 Å². The summed E-state index contributed by atoms with van der Waals surface area (Å²) in [6.45, 7) is 3.35. The van der Waals surface area contributed by atoms with Crippen LogP contribution in [0.4, 0.5) is 0 Å². The van der Waals surface area contributed by atoms with E-state index in [1.54, 1.807) is 12.5 Å². The summed E-state index contributed by atoms with van der Waals surface area (Å²) < 4.78 is 2.41. The molecule has 0 atom stereocenters. The Morgan fingerprint density at radius 3 is 2.79 bits per heavy atom. The van der Waals surface area contributed by atoms with Crippen molar-refractivity contribution in [3.8, 4) is 11.3 Å². The minimum atomic E-state index is 0.824. The average Bonchev–Trinajstić information content (AvgIpc) is 2.81. The summed E-state index contributed by atoms with van der Waals surface area (Å²) in [5.74, 6) is 1.23. The van der Waals surface area contributed by atoms with Gasteiger partial charge in [-0.1, -0.05) is 12.5 Å². The second-order valence-electron chi connectivity index (χ2n) is 6.85. The van der Waals surface area contributed by atoms with Gasteiger partial charge >= 0.3 is 0 Å². The lowest BCUT2D eigenvalue weighted by molar-refractivity contribution is 0.130. The molecule has 0 spiro atoms. The van der Waals surface area contributed by atoms with E-state index in [0.717, 1.165) is 48.9 Å². The molecule has 0 bridgehead atoms. The van der Waals surface area contributed by atoms with Crippen molar-refractivity contribution >= 4 is 11.0 Å². The van der Waals surface area contributed by atoms with E-state index in [1.165, 1.54) is 30.6 Å². The average molecular weight is 319 g/mol. The second-order valence-corrected chi connectivity index (χ2v) is 6.85. The molecule has 24 heavy (non-hydrogen) atoms. The fraction of sp³-hybridized carbons (Fsp3) is 0.421. The van der Waals surface area contributed by atoms with Crippen LogP contribution in [0, 0.1) is 0 Å². The van der Waals surface area contributed by atoms with E-state index >= 15 is 0 Å². The first-order valence-electron chi connectivity index (χ1n) is 8.88. The third-order valence-corrected chi connectivity index (χ3v) is 5.53. The number of imidazole rings is 1. The summed E-state index contributed by atoms with van der Waals surface area (Å²) in [7, 11) is 0. The van der Waals surface area contributed by atoms with Crippen molar-refractivity contribution in [2.24, 2.45) is 0 Å². The van der Waals surface area contributed by atoms with Gasteiger partial charge in [0.1, 0.15) is 12.2 Å². The first-order valence-corrected chi connectivity index (χ1v) is 8.88. The number of hydrogen-bond donors (Lipinski definition) is 0. The van der Waals surface area contributed by atoms with E-state index in [-0.39, 0.29) is 0 Å². The Bertz CT molecular complexity index is 866. The molecule has 2 aromatic heterocycles. The highest BCUT2D eigenvalue weighted by Gasteiger charge is 2.27. The van der Waals surface area contributed by atoms with Crippen molar-refractivity contribution in [1.82, 2.24) is 24.4 Å². The van der Waals surface area contributed by atoms with Gasteiger partial charge in [0.2, 0.25) is 0 Å². The zero-order valence-corrected chi connectivity index (χ0v) is 13.7. The van der Waals surface area contributed by atoms with Gasteiger partial charge in [-0.2, -0.15) is 0 Å². The normalized spacial score (nSPS) is 19.0. The third kappa shape index (κ3) is 2.31. The van der Waals surface area contributed by atoms with E-state index in [1.807, 2.05) is 6.07 Å². The first-order chi connectivity index (χ1) is 11.9. The largest absolute Gasteiger partial charge is 0.327 e. The highest BCUT2D eigenvalue weighted by molar-refractivity contribution is 5.81. The molecule has 0 amide bonds. The third-order valence-electron chi connectivity index (χ3n) is 5.53. The number of hydrogen-bond acceptors (Lipinski definition) is 4. The second kappa shape index (κ2) is 5.67. The van der Waals surface area contributed by atoms with Crippen LogP contribution in [0.2, 0.25) is 0 Å². The van der Waals surface area contributed by atoms with Crippen molar-refractivity contribution in [2.75, 3.05) is 13.1 Å². The first kappa shape index (κ1) is 14.1. The predicted octanol–water partition coefficient (Wildman–Crippen LogP) is 2.90. The van der Waals surface area contributed by atoms with Crippen molar-refractivity contribution in [2.45, 2.75) is 38.3 Å². The smallest absolute Gasteiger partial charge is 0.116 e. The molecule has 0 N–H and O–H groups in total. The Kier molecular flexibility index (Phi) is 3.33. The molecule has 3 heterocycles. The van der Waals surface area contributed by atoms with Gasteiger partial charge in [0, 0.05) is 43.9 Å². The summed E-state index contributed by atoms with van der Waals surface area (Å²) in [6.07, 6.45) is 8.59. The fourth-order valence-corrected chi connectivity index (χ4v) is 3.94. The molecule has 1 aromatic carbocycles. The van der Waals surface area contributed by atoms with Gasteiger partial charge < -0.3 is 4.57 Å². The van der Waals surface area contributed by atoms with E-state index < -0.39 is 0 Å². The SMILES string of the molecule is c1cc(-c2ccc3c(c2)nc2n3CCN(C3CCC3)CC2)ncn1. The maximum Gasteiger partial charge on any atom is 0.116 e. The van der Waals surface area contributed by atoms with E-state index in [2.05, 4.69) is 37.6 Å². The zero-order valence-electron chi connectivity index (χ0n) is 13.7. The summed E-state index contributed by atoms with van der Waals surface area (Å²) in [4.78, 5) is 15.9. The van der Waals surface area contributed by atoms with Crippen LogP contribution in [0.1, 0.15) is 25.1 Å². The van der Waals surface area contributed by atoms with Crippen LogP contribution in [0.25, 0.3) is 22.3 Å². The lowest BCUT2D eigenvalue weighted by Gasteiger charge is -2.36. The molecule has 0 unspecified atom stereocenters. The van der Waals surface area contributed by atoms with Gasteiger partial charge in [-0.25, -0.2) is 15.0 Å². The van der Waals surface area contributed by atoms with Gasteiger partial charge in [0.05, 0.1) is 16.7 Å². The van der Waals surface area contributed by atoms with Crippen LogP contribution in [0.15, 0.2) is 36.8 Å². The van der Waals surface area contributed by atoms with Crippen LogP contribution in [-0.2, 0) is 13.0 Å². The minimum absolute atomic E-state index is 0.824. The lowest BCUT2D eigenvalue weighted by Crippen LogP contribution is -2.41. The van der Waals surface area contributed by atoms with Gasteiger partial charge in [-0.05, 0) is 31.0 Å². The summed E-state index contributed by atoms with van der Waals surface area (Å²) in [5.41, 5.74) is 4.39. The molecule has 1 aliphatic heterocycles. The highest BCUT2D eigenvalue weighted by atomic mass is 15.2. The van der Waals surface area contributed by atoms with Crippen LogP contribution in [-0.4, -0.2) is 43.6 Å². The Morgan fingerprint density at radius 2 is 2.00 bits per heavy atom. The molecule has 1 aliphatic carbocycles. The molecule has 3 aromatic rings. The zero-order chi connectivity index (χ0) is 15.9. The highest BCUT2D eigenvalue weighted by Crippen LogP contribution is 2.28. The van der Waals surface area contributed by atoms with E-state index in [4.69, 9.17) is 4.98 Å². The quantitative estimate of drug-likeness (QED) is 0.729. The van der Waals surface area contributed by atoms with Gasteiger partial charge in [0.15, 0.2) is 0 Å². The van der Waals surface area contributed by atoms with Crippen molar-refractivity contribution in [1.29, 1.82) is 0 Å². The van der Waals surface area contributed by atoms with Crippen LogP contribution in [0.3, 0.4) is 0 Å². The maximum absolute atomic E-state index is 4.93. The molecular formula is C19H21N5. The van der Waals surface area contributed by atoms with Crippen LogP contribution in [0.5, 0.6) is 0 Å². The molecule has 5 rings (SSSR count). The molecule has 2 aliphatic rings. The van der Waals surface area contributed by atoms with Crippen LogP contribution >= 0.6 is 0 Å². The molecule has 1 fully saturated rings. The number of aromatic nitrogens is 4. The number of rotatable bonds is 2. The fourth-order valence-electron chi connectivity index (χ4n) is 3.94. The maximum atomic E-state index is 4.93. The summed E-state index contributed by atoms with van der Waals surface area (Å²) >= 11 is 0. The Balaban J connectivity index is 1.48. The Labute approximate surface area is 141 Å². The predicted molar refractivity (Wildman–Crippen MR) is 93.7 cm³/mol. The van der Waals surface area contributed by atoms with Gasteiger partial charge in [-0.3, -0.25) is 4.90 Å².